The van der Waals surface area contributed by atoms with Gasteiger partial charge >= 0.3 is 0 Å². The predicted octanol–water partition coefficient (Wildman–Crippen LogP) is 1.29. The number of imidazole rings is 1. The number of hydrogen-bond donors (Lipinski definition) is 1. The van der Waals surface area contributed by atoms with E-state index < -0.39 is 6.10 Å². The highest BCUT2D eigenvalue weighted by atomic mass is 16.6. The van der Waals surface area contributed by atoms with Gasteiger partial charge in [0.15, 0.2) is 11.5 Å². The number of carbonyl (C=O) groups is 1. The molecular weight excluding hydrogens is 310 g/mol. The van der Waals surface area contributed by atoms with Crippen molar-refractivity contribution in [3.63, 3.8) is 0 Å². The summed E-state index contributed by atoms with van der Waals surface area (Å²) in [6.45, 7) is 3.73. The fourth-order valence-electron chi connectivity index (χ4n) is 2.61. The molecule has 7 nitrogen and oxygen atoms in total. The number of rotatable bonds is 6. The number of carbonyl (C=O) groups excluding carboxylic acids is 1. The summed E-state index contributed by atoms with van der Waals surface area (Å²) in [5.74, 6) is 1.92. The highest BCUT2D eigenvalue weighted by molar-refractivity contribution is 5.81. The summed E-state index contributed by atoms with van der Waals surface area (Å²) in [6, 6.07) is 7.33. The number of para-hydroxylation sites is 2. The second-order valence-corrected chi connectivity index (χ2v) is 5.56. The van der Waals surface area contributed by atoms with Crippen LogP contribution in [0.4, 0.5) is 0 Å². The lowest BCUT2D eigenvalue weighted by atomic mass is 10.2. The molecule has 3 rings (SSSR count). The molecule has 1 aliphatic heterocycles. The van der Waals surface area contributed by atoms with E-state index in [0.717, 1.165) is 11.5 Å². The van der Waals surface area contributed by atoms with Gasteiger partial charge in [-0.3, -0.25) is 4.79 Å². The van der Waals surface area contributed by atoms with Crippen molar-refractivity contribution in [2.45, 2.75) is 26.2 Å². The number of benzene rings is 1. The fraction of sp³-hybridized carbons (Fsp3) is 0.412. The maximum atomic E-state index is 12.3. The molecule has 0 radical (unpaired) electrons. The highest BCUT2D eigenvalue weighted by Crippen LogP contribution is 2.30. The van der Waals surface area contributed by atoms with Gasteiger partial charge in [-0.1, -0.05) is 12.1 Å². The van der Waals surface area contributed by atoms with E-state index in [4.69, 9.17) is 14.2 Å². The lowest BCUT2D eigenvalue weighted by molar-refractivity contribution is -0.130. The molecule has 0 spiro atoms. The zero-order chi connectivity index (χ0) is 16.9. The average Bonchev–Trinajstić information content (AvgIpc) is 2.95. The standard InChI is InChI=1S/C17H21N3O4/c1-12-9-19-16(11-22-2)20(12)8-7-18-17(21)15-10-23-13-5-3-4-6-14(13)24-15/h3-6,9,15H,7-8,10-11H2,1-2H3,(H,18,21). The highest BCUT2D eigenvalue weighted by Gasteiger charge is 2.26. The van der Waals surface area contributed by atoms with Crippen LogP contribution in [0.3, 0.4) is 0 Å². The van der Waals surface area contributed by atoms with Gasteiger partial charge in [-0.05, 0) is 19.1 Å². The van der Waals surface area contributed by atoms with Crippen molar-refractivity contribution in [2.75, 3.05) is 20.3 Å². The molecule has 2 aromatic rings. The minimum absolute atomic E-state index is 0.185. The largest absolute Gasteiger partial charge is 0.485 e. The molecule has 1 N–H and O–H groups in total. The lowest BCUT2D eigenvalue weighted by Gasteiger charge is -2.25. The third kappa shape index (κ3) is 3.51. The van der Waals surface area contributed by atoms with Crippen LogP contribution in [0, 0.1) is 6.92 Å². The Morgan fingerprint density at radius 2 is 2.21 bits per heavy atom. The molecule has 1 aromatic heterocycles. The number of ether oxygens (including phenoxy) is 3. The molecule has 128 valence electrons. The fourth-order valence-corrected chi connectivity index (χ4v) is 2.61. The Kier molecular flexibility index (Phi) is 5.00. The van der Waals surface area contributed by atoms with Crippen LogP contribution in [0.5, 0.6) is 11.5 Å². The molecule has 7 heteroatoms. The third-order valence-corrected chi connectivity index (χ3v) is 3.85. The summed E-state index contributed by atoms with van der Waals surface area (Å²) in [5, 5.41) is 2.88. The van der Waals surface area contributed by atoms with Gasteiger partial charge in [0.1, 0.15) is 19.0 Å². The zero-order valence-corrected chi connectivity index (χ0v) is 13.8. The van der Waals surface area contributed by atoms with Gasteiger partial charge < -0.3 is 24.1 Å². The van der Waals surface area contributed by atoms with Gasteiger partial charge in [0, 0.05) is 32.1 Å². The van der Waals surface area contributed by atoms with Crippen molar-refractivity contribution in [3.8, 4) is 11.5 Å². The molecule has 0 fully saturated rings. The van der Waals surface area contributed by atoms with Crippen molar-refractivity contribution in [2.24, 2.45) is 0 Å². The topological polar surface area (TPSA) is 74.6 Å². The molecule has 0 aliphatic carbocycles. The molecule has 1 aliphatic rings. The Morgan fingerprint density at radius 1 is 1.42 bits per heavy atom. The van der Waals surface area contributed by atoms with Crippen molar-refractivity contribution in [1.82, 2.24) is 14.9 Å². The molecule has 1 unspecified atom stereocenters. The Morgan fingerprint density at radius 3 is 3.00 bits per heavy atom. The second kappa shape index (κ2) is 7.35. The van der Waals surface area contributed by atoms with Crippen molar-refractivity contribution >= 4 is 5.91 Å². The number of methoxy groups -OCH3 is 1. The zero-order valence-electron chi connectivity index (χ0n) is 13.8. The van der Waals surface area contributed by atoms with E-state index in [0.29, 0.717) is 31.2 Å². The van der Waals surface area contributed by atoms with E-state index in [1.165, 1.54) is 0 Å². The minimum atomic E-state index is -0.637. The predicted molar refractivity (Wildman–Crippen MR) is 87.0 cm³/mol. The Balaban J connectivity index is 1.53. The number of nitrogens with one attached hydrogen (secondary N) is 1. The Hall–Kier alpha value is -2.54. The van der Waals surface area contributed by atoms with Gasteiger partial charge in [-0.25, -0.2) is 4.98 Å². The van der Waals surface area contributed by atoms with E-state index in [-0.39, 0.29) is 12.5 Å². The smallest absolute Gasteiger partial charge is 0.264 e. The average molecular weight is 331 g/mol. The Bertz CT molecular complexity index is 714. The van der Waals surface area contributed by atoms with E-state index in [2.05, 4.69) is 10.3 Å². The molecule has 0 saturated carbocycles. The summed E-state index contributed by atoms with van der Waals surface area (Å²) in [4.78, 5) is 16.6. The number of hydrogen-bond acceptors (Lipinski definition) is 5. The monoisotopic (exact) mass is 331 g/mol. The molecule has 24 heavy (non-hydrogen) atoms. The van der Waals surface area contributed by atoms with Crippen molar-refractivity contribution in [3.05, 3.63) is 42.0 Å². The van der Waals surface area contributed by atoms with Crippen molar-refractivity contribution < 1.29 is 19.0 Å². The first-order chi connectivity index (χ1) is 11.7. The third-order valence-electron chi connectivity index (χ3n) is 3.85. The first-order valence-electron chi connectivity index (χ1n) is 7.85. The molecule has 2 heterocycles. The lowest BCUT2D eigenvalue weighted by Crippen LogP contribution is -2.44. The summed E-state index contributed by atoms with van der Waals surface area (Å²) >= 11 is 0. The van der Waals surface area contributed by atoms with Gasteiger partial charge in [-0.2, -0.15) is 0 Å². The van der Waals surface area contributed by atoms with Crippen LogP contribution in [0.15, 0.2) is 30.5 Å². The van der Waals surface area contributed by atoms with Gasteiger partial charge in [-0.15, -0.1) is 0 Å². The number of nitrogens with zero attached hydrogens (tertiary/aromatic N) is 2. The number of aryl methyl sites for hydroxylation is 1. The van der Waals surface area contributed by atoms with E-state index in [1.54, 1.807) is 19.4 Å². The number of aromatic nitrogens is 2. The quantitative estimate of drug-likeness (QED) is 0.863. The van der Waals surface area contributed by atoms with Gasteiger partial charge in [0.2, 0.25) is 6.10 Å². The number of amides is 1. The van der Waals surface area contributed by atoms with Crippen LogP contribution in [-0.4, -0.2) is 41.8 Å². The van der Waals surface area contributed by atoms with Crippen LogP contribution in [0.25, 0.3) is 0 Å². The van der Waals surface area contributed by atoms with Crippen LogP contribution >= 0.6 is 0 Å². The summed E-state index contributed by atoms with van der Waals surface area (Å²) in [5.41, 5.74) is 1.03. The minimum Gasteiger partial charge on any atom is -0.485 e. The normalized spacial score (nSPS) is 16.0. The molecular formula is C17H21N3O4. The number of fused-ring (bicyclic) bond motifs is 1. The van der Waals surface area contributed by atoms with Crippen molar-refractivity contribution in [1.29, 1.82) is 0 Å². The summed E-state index contributed by atoms with van der Waals surface area (Å²) in [7, 11) is 1.63. The molecule has 1 amide bonds. The van der Waals surface area contributed by atoms with Crippen LogP contribution in [0.2, 0.25) is 0 Å². The second-order valence-electron chi connectivity index (χ2n) is 5.56. The van der Waals surface area contributed by atoms with Crippen LogP contribution in [-0.2, 0) is 22.7 Å². The van der Waals surface area contributed by atoms with E-state index >= 15 is 0 Å². The Labute approximate surface area is 140 Å². The molecule has 1 atom stereocenters. The van der Waals surface area contributed by atoms with E-state index in [1.807, 2.05) is 29.7 Å². The first-order valence-corrected chi connectivity index (χ1v) is 7.85. The molecule has 1 aromatic carbocycles. The SMILES string of the molecule is COCc1ncc(C)n1CCNC(=O)C1COc2ccccc2O1. The van der Waals surface area contributed by atoms with E-state index in [9.17, 15) is 4.79 Å². The first kappa shape index (κ1) is 16.3. The maximum absolute atomic E-state index is 12.3. The van der Waals surface area contributed by atoms with Gasteiger partial charge in [0.25, 0.3) is 5.91 Å². The van der Waals surface area contributed by atoms with Crippen LogP contribution < -0.4 is 14.8 Å². The molecule has 0 saturated heterocycles. The summed E-state index contributed by atoms with van der Waals surface area (Å²) < 4.78 is 18.4. The summed E-state index contributed by atoms with van der Waals surface area (Å²) in [6.07, 6.45) is 1.16. The van der Waals surface area contributed by atoms with Crippen LogP contribution in [0.1, 0.15) is 11.5 Å². The van der Waals surface area contributed by atoms with Gasteiger partial charge in [0.05, 0.1) is 0 Å². The molecule has 0 bridgehead atoms. The maximum Gasteiger partial charge on any atom is 0.264 e.